The number of likely N-dealkylation sites (tertiary alicyclic amines) is 1. The first kappa shape index (κ1) is 23.1. The van der Waals surface area contributed by atoms with Gasteiger partial charge in [-0.3, -0.25) is 10.1 Å². The molecule has 2 aliphatic rings. The SMILES string of the molecule is O=C(Nc1cc(Br)ccc1C(=O)N1CCCC1C(=O)O)OCC1c2ccccc2-c2ccccc21. The van der Waals surface area contributed by atoms with E-state index >= 15 is 0 Å². The number of carboxylic acid groups (broad SMARTS) is 1. The first-order valence-electron chi connectivity index (χ1n) is 11.4. The van der Waals surface area contributed by atoms with E-state index in [0.717, 1.165) is 22.3 Å². The van der Waals surface area contributed by atoms with Crippen molar-refractivity contribution in [3.05, 3.63) is 87.9 Å². The highest BCUT2D eigenvalue weighted by atomic mass is 79.9. The van der Waals surface area contributed by atoms with Crippen molar-refractivity contribution in [2.24, 2.45) is 0 Å². The number of carboxylic acids is 1. The molecule has 3 aromatic carbocycles. The van der Waals surface area contributed by atoms with Gasteiger partial charge in [0.1, 0.15) is 12.6 Å². The van der Waals surface area contributed by atoms with Gasteiger partial charge >= 0.3 is 12.1 Å². The van der Waals surface area contributed by atoms with Crippen LogP contribution in [0.2, 0.25) is 0 Å². The molecule has 0 radical (unpaired) electrons. The molecule has 1 unspecified atom stereocenters. The highest BCUT2D eigenvalue weighted by molar-refractivity contribution is 9.10. The third-order valence-electron chi connectivity index (χ3n) is 6.59. The van der Waals surface area contributed by atoms with E-state index in [2.05, 4.69) is 33.4 Å². The van der Waals surface area contributed by atoms with Gasteiger partial charge in [-0.15, -0.1) is 0 Å². The fraction of sp³-hybridized carbons (Fsp3) is 0.222. The summed E-state index contributed by atoms with van der Waals surface area (Å²) in [6.07, 6.45) is 0.344. The topological polar surface area (TPSA) is 95.9 Å². The average molecular weight is 535 g/mol. The minimum atomic E-state index is -1.03. The van der Waals surface area contributed by atoms with Crippen molar-refractivity contribution in [3.8, 4) is 11.1 Å². The number of rotatable bonds is 5. The number of fused-ring (bicyclic) bond motifs is 3. The van der Waals surface area contributed by atoms with Gasteiger partial charge < -0.3 is 14.7 Å². The summed E-state index contributed by atoms with van der Waals surface area (Å²) in [7, 11) is 0. The van der Waals surface area contributed by atoms with Gasteiger partial charge in [-0.25, -0.2) is 9.59 Å². The number of aliphatic carboxylic acids is 1. The van der Waals surface area contributed by atoms with Crippen LogP contribution in [0.1, 0.15) is 40.2 Å². The summed E-state index contributed by atoms with van der Waals surface area (Å²) in [5, 5.41) is 12.1. The molecule has 2 N–H and O–H groups in total. The summed E-state index contributed by atoms with van der Waals surface area (Å²) in [6, 6.07) is 20.1. The van der Waals surface area contributed by atoms with Crippen LogP contribution < -0.4 is 5.32 Å². The Kier molecular flexibility index (Phi) is 6.30. The van der Waals surface area contributed by atoms with Gasteiger partial charge in [0.05, 0.1) is 11.3 Å². The molecule has 1 heterocycles. The minimum Gasteiger partial charge on any atom is -0.480 e. The molecule has 0 saturated carbocycles. The van der Waals surface area contributed by atoms with Gasteiger partial charge in [-0.1, -0.05) is 64.5 Å². The lowest BCUT2D eigenvalue weighted by molar-refractivity contribution is -0.141. The second kappa shape index (κ2) is 9.54. The molecule has 3 aromatic rings. The zero-order valence-corrected chi connectivity index (χ0v) is 20.3. The molecule has 1 aliphatic carbocycles. The number of hydrogen-bond acceptors (Lipinski definition) is 4. The van der Waals surface area contributed by atoms with Gasteiger partial charge in [-0.05, 0) is 53.3 Å². The molecule has 0 spiro atoms. The number of benzene rings is 3. The number of carbonyl (C=O) groups excluding carboxylic acids is 2. The first-order chi connectivity index (χ1) is 16.9. The number of amides is 2. The number of hydrogen-bond donors (Lipinski definition) is 2. The van der Waals surface area contributed by atoms with Crippen LogP contribution in [-0.2, 0) is 9.53 Å². The highest BCUT2D eigenvalue weighted by Crippen LogP contribution is 2.44. The maximum Gasteiger partial charge on any atom is 0.411 e. The largest absolute Gasteiger partial charge is 0.480 e. The van der Waals surface area contributed by atoms with Crippen molar-refractivity contribution in [2.45, 2.75) is 24.8 Å². The van der Waals surface area contributed by atoms with Gasteiger partial charge in [-0.2, -0.15) is 0 Å². The van der Waals surface area contributed by atoms with Crippen LogP contribution in [0.25, 0.3) is 11.1 Å². The van der Waals surface area contributed by atoms with E-state index in [1.165, 1.54) is 4.90 Å². The molecule has 1 saturated heterocycles. The Balaban J connectivity index is 1.33. The Bertz CT molecular complexity index is 1280. The molecule has 5 rings (SSSR count). The predicted molar refractivity (Wildman–Crippen MR) is 135 cm³/mol. The summed E-state index contributed by atoms with van der Waals surface area (Å²) in [5.74, 6) is -1.55. The van der Waals surface area contributed by atoms with Gasteiger partial charge in [0, 0.05) is 16.9 Å². The van der Waals surface area contributed by atoms with Gasteiger partial charge in [0.15, 0.2) is 0 Å². The van der Waals surface area contributed by atoms with Crippen molar-refractivity contribution >= 4 is 39.6 Å². The van der Waals surface area contributed by atoms with E-state index in [4.69, 9.17) is 4.74 Å². The molecule has 2 amide bonds. The summed E-state index contributed by atoms with van der Waals surface area (Å²) < 4.78 is 6.28. The van der Waals surface area contributed by atoms with Crippen LogP contribution in [0.4, 0.5) is 10.5 Å². The second-order valence-corrected chi connectivity index (χ2v) is 9.55. The Morgan fingerprint density at radius 3 is 2.31 bits per heavy atom. The number of nitrogens with zero attached hydrogens (tertiary/aromatic N) is 1. The lowest BCUT2D eigenvalue weighted by atomic mass is 9.98. The summed E-state index contributed by atoms with van der Waals surface area (Å²) >= 11 is 3.37. The second-order valence-electron chi connectivity index (χ2n) is 8.64. The van der Waals surface area contributed by atoms with Crippen LogP contribution in [0, 0.1) is 0 Å². The Labute approximate surface area is 210 Å². The number of anilines is 1. The fourth-order valence-electron chi connectivity index (χ4n) is 4.97. The third kappa shape index (κ3) is 4.41. The van der Waals surface area contributed by atoms with Crippen LogP contribution in [0.5, 0.6) is 0 Å². The molecular weight excluding hydrogens is 512 g/mol. The average Bonchev–Trinajstić information content (AvgIpc) is 3.46. The van der Waals surface area contributed by atoms with Crippen molar-refractivity contribution in [3.63, 3.8) is 0 Å². The molecule has 0 aromatic heterocycles. The van der Waals surface area contributed by atoms with E-state index in [9.17, 15) is 19.5 Å². The summed E-state index contributed by atoms with van der Waals surface area (Å²) in [5.41, 5.74) is 4.96. The lowest BCUT2D eigenvalue weighted by Crippen LogP contribution is -2.40. The van der Waals surface area contributed by atoms with Crippen molar-refractivity contribution in [2.75, 3.05) is 18.5 Å². The maximum absolute atomic E-state index is 13.2. The molecule has 35 heavy (non-hydrogen) atoms. The number of ether oxygens (including phenoxy) is 1. The van der Waals surface area contributed by atoms with Crippen molar-refractivity contribution in [1.82, 2.24) is 4.90 Å². The van der Waals surface area contributed by atoms with Crippen LogP contribution in [-0.4, -0.2) is 47.2 Å². The normalized spacial score (nSPS) is 16.5. The molecular formula is C27H23BrN2O5. The summed E-state index contributed by atoms with van der Waals surface area (Å²) in [4.78, 5) is 38.9. The van der Waals surface area contributed by atoms with Gasteiger partial charge in [0.25, 0.3) is 5.91 Å². The zero-order chi connectivity index (χ0) is 24.5. The van der Waals surface area contributed by atoms with Crippen LogP contribution in [0.3, 0.4) is 0 Å². The van der Waals surface area contributed by atoms with E-state index < -0.39 is 24.0 Å². The molecule has 8 heteroatoms. The quantitative estimate of drug-likeness (QED) is 0.450. The van der Waals surface area contributed by atoms with Crippen molar-refractivity contribution < 1.29 is 24.2 Å². The molecule has 1 fully saturated rings. The number of halogens is 1. The molecule has 178 valence electrons. The van der Waals surface area contributed by atoms with Crippen LogP contribution in [0.15, 0.2) is 71.2 Å². The Morgan fingerprint density at radius 2 is 1.66 bits per heavy atom. The predicted octanol–water partition coefficient (Wildman–Crippen LogP) is 5.50. The van der Waals surface area contributed by atoms with E-state index in [1.54, 1.807) is 18.2 Å². The Morgan fingerprint density at radius 1 is 1.00 bits per heavy atom. The molecule has 7 nitrogen and oxygen atoms in total. The minimum absolute atomic E-state index is 0.0855. The molecule has 1 aliphatic heterocycles. The lowest BCUT2D eigenvalue weighted by Gasteiger charge is -2.23. The highest BCUT2D eigenvalue weighted by Gasteiger charge is 2.35. The smallest absolute Gasteiger partial charge is 0.411 e. The standard InChI is InChI=1S/C27H23BrN2O5/c28-16-11-12-21(25(31)30-13-5-10-24(30)26(32)33)23(14-16)29-27(34)35-15-22-19-8-3-1-6-17(19)18-7-2-4-9-20(18)22/h1-4,6-9,11-12,14,22,24H,5,10,13,15H2,(H,29,34)(H,32,33). The molecule has 0 bridgehead atoms. The van der Waals surface area contributed by atoms with E-state index in [1.807, 2.05) is 36.4 Å². The monoisotopic (exact) mass is 534 g/mol. The maximum atomic E-state index is 13.2. The van der Waals surface area contributed by atoms with Crippen molar-refractivity contribution in [1.29, 1.82) is 0 Å². The first-order valence-corrected chi connectivity index (χ1v) is 12.2. The number of nitrogens with one attached hydrogen (secondary N) is 1. The molecule has 1 atom stereocenters. The third-order valence-corrected chi connectivity index (χ3v) is 7.08. The fourth-order valence-corrected chi connectivity index (χ4v) is 5.33. The van der Waals surface area contributed by atoms with E-state index in [0.29, 0.717) is 23.9 Å². The van der Waals surface area contributed by atoms with Gasteiger partial charge in [0.2, 0.25) is 0 Å². The van der Waals surface area contributed by atoms with Crippen LogP contribution >= 0.6 is 15.9 Å². The summed E-state index contributed by atoms with van der Waals surface area (Å²) in [6.45, 7) is 0.501. The van der Waals surface area contributed by atoms with E-state index in [-0.39, 0.29) is 23.8 Å². The zero-order valence-electron chi connectivity index (χ0n) is 18.7. The Hall–Kier alpha value is -3.65. The number of carbonyl (C=O) groups is 3.